The molecule has 9 heteroatoms. The minimum atomic E-state index is -0.493. The van der Waals surface area contributed by atoms with Gasteiger partial charge in [0.15, 0.2) is 0 Å². The van der Waals surface area contributed by atoms with Gasteiger partial charge >= 0.3 is 12.0 Å². The molecule has 0 spiro atoms. The first kappa shape index (κ1) is 23.4. The Morgan fingerprint density at radius 2 is 1.84 bits per heavy atom. The van der Waals surface area contributed by atoms with Crippen molar-refractivity contribution in [3.63, 3.8) is 0 Å². The van der Waals surface area contributed by atoms with Crippen LogP contribution in [0, 0.1) is 0 Å². The summed E-state index contributed by atoms with van der Waals surface area (Å²) < 4.78 is 4.83. The van der Waals surface area contributed by atoms with E-state index in [0.717, 1.165) is 12.1 Å². The monoisotopic (exact) mass is 458 g/mol. The number of benzene rings is 2. The minimum Gasteiger partial charge on any atom is -0.465 e. The molecule has 3 rings (SSSR count). The highest BCUT2D eigenvalue weighted by Gasteiger charge is 2.22. The van der Waals surface area contributed by atoms with Crippen LogP contribution in [0.2, 0.25) is 5.02 Å². The zero-order valence-corrected chi connectivity index (χ0v) is 18.9. The molecule has 0 bridgehead atoms. The van der Waals surface area contributed by atoms with Crippen LogP contribution in [0.5, 0.6) is 0 Å². The van der Waals surface area contributed by atoms with Crippen molar-refractivity contribution in [1.82, 2.24) is 10.2 Å². The normalized spacial score (nSPS) is 13.8. The number of carbonyl (C=O) groups excluding carboxylic acids is 3. The van der Waals surface area contributed by atoms with Gasteiger partial charge in [0.1, 0.15) is 0 Å². The van der Waals surface area contributed by atoms with Gasteiger partial charge in [-0.25, -0.2) is 9.59 Å². The van der Waals surface area contributed by atoms with Crippen LogP contribution in [-0.4, -0.2) is 62.6 Å². The number of nitrogens with zero attached hydrogens (tertiary/aromatic N) is 2. The van der Waals surface area contributed by atoms with E-state index < -0.39 is 5.97 Å². The fourth-order valence-electron chi connectivity index (χ4n) is 3.61. The molecule has 0 unspecified atom stereocenters. The molecule has 1 fully saturated rings. The number of carbonyl (C=O) groups is 3. The number of ether oxygens (including phenoxy) is 1. The van der Waals surface area contributed by atoms with Gasteiger partial charge in [0.25, 0.3) is 5.91 Å². The minimum absolute atomic E-state index is 0.0788. The zero-order valence-electron chi connectivity index (χ0n) is 18.2. The first-order valence-corrected chi connectivity index (χ1v) is 10.9. The van der Waals surface area contributed by atoms with Crippen molar-refractivity contribution in [2.24, 2.45) is 0 Å². The molecular formula is C23H27ClN4O4. The van der Waals surface area contributed by atoms with Crippen molar-refractivity contribution >= 4 is 40.9 Å². The molecule has 1 saturated heterocycles. The standard InChI is InChI=1S/C23H27ClN4O4/c1-3-25-23(31)28-11-5-10-27(12-13-28)20-9-8-17(22(30)32-2)15-19(20)26-21(29)16-6-4-7-18(24)14-16/h4,6-9,14-15H,3,5,10-13H2,1-2H3,(H,25,31)(H,26,29). The van der Waals surface area contributed by atoms with Gasteiger partial charge in [0, 0.05) is 43.3 Å². The second kappa shape index (κ2) is 10.9. The largest absolute Gasteiger partial charge is 0.465 e. The number of amides is 3. The summed E-state index contributed by atoms with van der Waals surface area (Å²) in [4.78, 5) is 41.1. The van der Waals surface area contributed by atoms with Gasteiger partial charge in [0.05, 0.1) is 24.0 Å². The van der Waals surface area contributed by atoms with Crippen LogP contribution < -0.4 is 15.5 Å². The van der Waals surface area contributed by atoms with Gasteiger partial charge in [-0.15, -0.1) is 0 Å². The Bertz CT molecular complexity index is 998. The fraction of sp³-hybridized carbons (Fsp3) is 0.348. The Morgan fingerprint density at radius 1 is 1.03 bits per heavy atom. The number of urea groups is 1. The third-order valence-electron chi connectivity index (χ3n) is 5.20. The maximum atomic E-state index is 12.9. The molecule has 2 aromatic rings. The Hall–Kier alpha value is -3.26. The Labute approximate surface area is 192 Å². The summed E-state index contributed by atoms with van der Waals surface area (Å²) in [6.45, 7) is 4.95. The highest BCUT2D eigenvalue weighted by molar-refractivity contribution is 6.31. The van der Waals surface area contributed by atoms with Gasteiger partial charge in [-0.05, 0) is 49.7 Å². The third-order valence-corrected chi connectivity index (χ3v) is 5.44. The number of hydrogen-bond donors (Lipinski definition) is 2. The van der Waals surface area contributed by atoms with Crippen molar-refractivity contribution in [2.75, 3.05) is 50.1 Å². The Balaban J connectivity index is 1.87. The molecule has 0 atom stereocenters. The molecular weight excluding hydrogens is 432 g/mol. The maximum Gasteiger partial charge on any atom is 0.337 e. The number of esters is 1. The second-order valence-electron chi connectivity index (χ2n) is 7.35. The van der Waals surface area contributed by atoms with E-state index in [0.29, 0.717) is 54.6 Å². The number of rotatable bonds is 5. The van der Waals surface area contributed by atoms with E-state index in [4.69, 9.17) is 16.3 Å². The van der Waals surface area contributed by atoms with Crippen molar-refractivity contribution in [3.8, 4) is 0 Å². The van der Waals surface area contributed by atoms with Crippen LogP contribution in [0.4, 0.5) is 16.2 Å². The van der Waals surface area contributed by atoms with E-state index in [2.05, 4.69) is 15.5 Å². The van der Waals surface area contributed by atoms with Crippen molar-refractivity contribution in [1.29, 1.82) is 0 Å². The lowest BCUT2D eigenvalue weighted by Crippen LogP contribution is -2.42. The van der Waals surface area contributed by atoms with Crippen molar-refractivity contribution < 1.29 is 19.1 Å². The molecule has 32 heavy (non-hydrogen) atoms. The van der Waals surface area contributed by atoms with E-state index in [1.807, 2.05) is 6.92 Å². The molecule has 1 heterocycles. The summed E-state index contributed by atoms with van der Waals surface area (Å²) in [7, 11) is 1.31. The fourth-order valence-corrected chi connectivity index (χ4v) is 3.80. The van der Waals surface area contributed by atoms with E-state index >= 15 is 0 Å². The van der Waals surface area contributed by atoms with Gasteiger partial charge in [0.2, 0.25) is 0 Å². The average molecular weight is 459 g/mol. The molecule has 1 aliphatic rings. The highest BCUT2D eigenvalue weighted by atomic mass is 35.5. The Morgan fingerprint density at radius 3 is 2.56 bits per heavy atom. The first-order valence-electron chi connectivity index (χ1n) is 10.5. The number of nitrogens with one attached hydrogen (secondary N) is 2. The van der Waals surface area contributed by atoms with E-state index in [-0.39, 0.29) is 11.9 Å². The number of anilines is 2. The topological polar surface area (TPSA) is 91.0 Å². The molecule has 0 aliphatic carbocycles. The second-order valence-corrected chi connectivity index (χ2v) is 7.79. The summed E-state index contributed by atoms with van der Waals surface area (Å²) in [6, 6.07) is 11.6. The van der Waals surface area contributed by atoms with Crippen LogP contribution >= 0.6 is 11.6 Å². The van der Waals surface area contributed by atoms with Gasteiger partial charge < -0.3 is 25.2 Å². The predicted octanol–water partition coefficient (Wildman–Crippen LogP) is 3.62. The molecule has 170 valence electrons. The van der Waals surface area contributed by atoms with Gasteiger partial charge in [-0.3, -0.25) is 4.79 Å². The highest BCUT2D eigenvalue weighted by Crippen LogP contribution is 2.29. The van der Waals surface area contributed by atoms with E-state index in [1.165, 1.54) is 7.11 Å². The average Bonchev–Trinajstić information content (AvgIpc) is 3.05. The Kier molecular flexibility index (Phi) is 7.94. The van der Waals surface area contributed by atoms with E-state index in [9.17, 15) is 14.4 Å². The summed E-state index contributed by atoms with van der Waals surface area (Å²) in [5.41, 5.74) is 2.00. The van der Waals surface area contributed by atoms with Crippen LogP contribution in [0.25, 0.3) is 0 Å². The van der Waals surface area contributed by atoms with E-state index in [1.54, 1.807) is 47.4 Å². The van der Waals surface area contributed by atoms with Crippen LogP contribution in [0.1, 0.15) is 34.1 Å². The lowest BCUT2D eigenvalue weighted by molar-refractivity contribution is 0.0600. The molecule has 2 N–H and O–H groups in total. The predicted molar refractivity (Wildman–Crippen MR) is 125 cm³/mol. The molecule has 0 saturated carbocycles. The van der Waals surface area contributed by atoms with Crippen LogP contribution in [-0.2, 0) is 4.74 Å². The van der Waals surface area contributed by atoms with Gasteiger partial charge in [-0.2, -0.15) is 0 Å². The lowest BCUT2D eigenvalue weighted by atomic mass is 10.1. The summed E-state index contributed by atoms with van der Waals surface area (Å²) in [5.74, 6) is -0.831. The smallest absolute Gasteiger partial charge is 0.337 e. The zero-order chi connectivity index (χ0) is 23.1. The third kappa shape index (κ3) is 5.70. The number of halogens is 1. The molecule has 8 nitrogen and oxygen atoms in total. The van der Waals surface area contributed by atoms with Crippen LogP contribution in [0.3, 0.4) is 0 Å². The maximum absolute atomic E-state index is 12.9. The molecule has 2 aromatic carbocycles. The summed E-state index contributed by atoms with van der Waals surface area (Å²) in [5, 5.41) is 6.20. The molecule has 0 radical (unpaired) electrons. The first-order chi connectivity index (χ1) is 15.4. The number of methoxy groups -OCH3 is 1. The lowest BCUT2D eigenvalue weighted by Gasteiger charge is -2.26. The molecule has 0 aromatic heterocycles. The SMILES string of the molecule is CCNC(=O)N1CCCN(c2ccc(C(=O)OC)cc2NC(=O)c2cccc(Cl)c2)CC1. The van der Waals surface area contributed by atoms with Crippen molar-refractivity contribution in [3.05, 3.63) is 58.6 Å². The summed E-state index contributed by atoms with van der Waals surface area (Å²) in [6.07, 6.45) is 0.775. The molecule has 3 amide bonds. The number of hydrogen-bond acceptors (Lipinski definition) is 5. The van der Waals surface area contributed by atoms with Crippen molar-refractivity contribution in [2.45, 2.75) is 13.3 Å². The van der Waals surface area contributed by atoms with Crippen LogP contribution in [0.15, 0.2) is 42.5 Å². The summed E-state index contributed by atoms with van der Waals surface area (Å²) >= 11 is 6.02. The van der Waals surface area contributed by atoms with Gasteiger partial charge in [-0.1, -0.05) is 17.7 Å². The molecule has 1 aliphatic heterocycles. The quantitative estimate of drug-likeness (QED) is 0.668.